The SMILES string of the molecule is Cc1[nH]nc(CO)c1S(=O)(=O)NC1CC2CCC1O2. The number of aromatic nitrogens is 2. The summed E-state index contributed by atoms with van der Waals surface area (Å²) < 4.78 is 33.1. The van der Waals surface area contributed by atoms with Crippen molar-refractivity contribution >= 4 is 10.0 Å². The number of aliphatic hydroxyl groups excluding tert-OH is 1. The average molecular weight is 287 g/mol. The molecule has 2 bridgehead atoms. The topological polar surface area (TPSA) is 104 Å². The fourth-order valence-electron chi connectivity index (χ4n) is 2.95. The predicted octanol–water partition coefficient (Wildman–Crippen LogP) is -0.191. The van der Waals surface area contributed by atoms with Crippen LogP contribution in [0.15, 0.2) is 4.90 Å². The van der Waals surface area contributed by atoms with Crippen LogP contribution in [-0.4, -0.2) is 42.0 Å². The average Bonchev–Trinajstić information content (AvgIpc) is 3.02. The highest BCUT2D eigenvalue weighted by molar-refractivity contribution is 7.89. The minimum absolute atomic E-state index is 0.0236. The lowest BCUT2D eigenvalue weighted by molar-refractivity contribution is 0.0996. The van der Waals surface area contributed by atoms with E-state index in [9.17, 15) is 8.42 Å². The molecule has 7 nitrogen and oxygen atoms in total. The van der Waals surface area contributed by atoms with Gasteiger partial charge in [-0.3, -0.25) is 5.10 Å². The fourth-order valence-corrected chi connectivity index (χ4v) is 4.59. The maximum absolute atomic E-state index is 12.4. The highest BCUT2D eigenvalue weighted by atomic mass is 32.2. The van der Waals surface area contributed by atoms with Crippen LogP contribution >= 0.6 is 0 Å². The van der Waals surface area contributed by atoms with E-state index in [-0.39, 0.29) is 28.8 Å². The number of rotatable bonds is 4. The Hall–Kier alpha value is -0.960. The smallest absolute Gasteiger partial charge is 0.244 e. The quantitative estimate of drug-likeness (QED) is 0.712. The van der Waals surface area contributed by atoms with Crippen molar-refractivity contribution in [2.75, 3.05) is 0 Å². The molecule has 8 heteroatoms. The van der Waals surface area contributed by atoms with E-state index < -0.39 is 16.6 Å². The highest BCUT2D eigenvalue weighted by Gasteiger charge is 2.43. The van der Waals surface area contributed by atoms with E-state index in [1.54, 1.807) is 6.92 Å². The number of hydrogen-bond donors (Lipinski definition) is 3. The first-order valence-corrected chi connectivity index (χ1v) is 7.82. The molecule has 0 radical (unpaired) electrons. The summed E-state index contributed by atoms with van der Waals surface area (Å²) in [6.07, 6.45) is 2.78. The predicted molar refractivity (Wildman–Crippen MR) is 65.9 cm³/mol. The lowest BCUT2D eigenvalue weighted by Crippen LogP contribution is -2.41. The maximum atomic E-state index is 12.4. The molecule has 2 fully saturated rings. The van der Waals surface area contributed by atoms with Crippen molar-refractivity contribution in [2.45, 2.75) is 55.9 Å². The monoisotopic (exact) mass is 287 g/mol. The van der Waals surface area contributed by atoms with Gasteiger partial charge in [-0.05, 0) is 26.2 Å². The largest absolute Gasteiger partial charge is 0.390 e. The Morgan fingerprint density at radius 2 is 2.32 bits per heavy atom. The number of aliphatic hydroxyl groups is 1. The van der Waals surface area contributed by atoms with E-state index in [1.165, 1.54) is 0 Å². The molecule has 3 rings (SSSR count). The van der Waals surface area contributed by atoms with Crippen molar-refractivity contribution in [1.82, 2.24) is 14.9 Å². The van der Waals surface area contributed by atoms with E-state index in [4.69, 9.17) is 9.84 Å². The van der Waals surface area contributed by atoms with Gasteiger partial charge in [-0.25, -0.2) is 13.1 Å². The molecule has 1 aromatic heterocycles. The van der Waals surface area contributed by atoms with Crippen molar-refractivity contribution in [3.8, 4) is 0 Å². The van der Waals surface area contributed by atoms with Crippen LogP contribution in [-0.2, 0) is 21.4 Å². The standard InChI is InChI=1S/C11H17N3O4S/c1-6-11(9(5-15)13-12-6)19(16,17)14-8-4-7-2-3-10(8)18-7/h7-8,10,14-15H,2-5H2,1H3,(H,12,13). The zero-order valence-corrected chi connectivity index (χ0v) is 11.4. The first-order valence-electron chi connectivity index (χ1n) is 6.33. The number of nitrogens with zero attached hydrogens (tertiary/aromatic N) is 1. The van der Waals surface area contributed by atoms with Crippen LogP contribution in [0.2, 0.25) is 0 Å². The van der Waals surface area contributed by atoms with Gasteiger partial charge in [0.2, 0.25) is 10.0 Å². The van der Waals surface area contributed by atoms with Gasteiger partial charge in [0, 0.05) is 0 Å². The molecule has 0 aliphatic carbocycles. The van der Waals surface area contributed by atoms with Crippen molar-refractivity contribution < 1.29 is 18.3 Å². The van der Waals surface area contributed by atoms with Gasteiger partial charge in [-0.1, -0.05) is 0 Å². The zero-order valence-electron chi connectivity index (χ0n) is 10.6. The molecular weight excluding hydrogens is 270 g/mol. The van der Waals surface area contributed by atoms with Crippen LogP contribution in [0.1, 0.15) is 30.7 Å². The van der Waals surface area contributed by atoms with Crippen LogP contribution in [0.4, 0.5) is 0 Å². The summed E-state index contributed by atoms with van der Waals surface area (Å²) in [6, 6.07) is -0.176. The second-order valence-electron chi connectivity index (χ2n) is 5.12. The minimum Gasteiger partial charge on any atom is -0.390 e. The normalized spacial score (nSPS) is 30.1. The number of aromatic amines is 1. The van der Waals surface area contributed by atoms with Crippen molar-refractivity contribution in [1.29, 1.82) is 0 Å². The molecule has 2 aliphatic rings. The van der Waals surface area contributed by atoms with E-state index in [0.717, 1.165) is 19.3 Å². The van der Waals surface area contributed by atoms with E-state index >= 15 is 0 Å². The Balaban J connectivity index is 1.85. The van der Waals surface area contributed by atoms with Gasteiger partial charge in [0.25, 0.3) is 0 Å². The number of ether oxygens (including phenoxy) is 1. The van der Waals surface area contributed by atoms with Crippen molar-refractivity contribution in [2.24, 2.45) is 0 Å². The summed E-state index contributed by atoms with van der Waals surface area (Å²) in [6.45, 7) is 1.21. The Morgan fingerprint density at radius 1 is 1.53 bits per heavy atom. The Kier molecular flexibility index (Phi) is 3.12. The molecule has 2 saturated heterocycles. The van der Waals surface area contributed by atoms with E-state index in [0.29, 0.717) is 5.69 Å². The van der Waals surface area contributed by atoms with Gasteiger partial charge in [0.05, 0.1) is 30.6 Å². The minimum atomic E-state index is -3.68. The third-order valence-corrected chi connectivity index (χ3v) is 5.48. The first kappa shape index (κ1) is 13.0. The molecule has 0 aromatic carbocycles. The molecule has 19 heavy (non-hydrogen) atoms. The summed E-state index contributed by atoms with van der Waals surface area (Å²) in [4.78, 5) is 0.0535. The van der Waals surface area contributed by atoms with Gasteiger partial charge in [0.1, 0.15) is 10.6 Å². The van der Waals surface area contributed by atoms with Crippen LogP contribution in [0, 0.1) is 6.92 Å². The van der Waals surface area contributed by atoms with E-state index in [1.807, 2.05) is 0 Å². The van der Waals surface area contributed by atoms with Gasteiger partial charge >= 0.3 is 0 Å². The molecule has 3 unspecified atom stereocenters. The number of fused-ring (bicyclic) bond motifs is 2. The summed E-state index contributed by atoms with van der Waals surface area (Å²) in [7, 11) is -3.68. The molecular formula is C11H17N3O4S. The lowest BCUT2D eigenvalue weighted by Gasteiger charge is -2.20. The third kappa shape index (κ3) is 2.18. The molecule has 0 amide bonds. The second kappa shape index (κ2) is 4.55. The maximum Gasteiger partial charge on any atom is 0.244 e. The molecule has 1 aromatic rings. The zero-order chi connectivity index (χ0) is 13.6. The number of aryl methyl sites for hydroxylation is 1. The van der Waals surface area contributed by atoms with E-state index in [2.05, 4.69) is 14.9 Å². The number of sulfonamides is 1. The molecule has 0 saturated carbocycles. The summed E-state index contributed by atoms with van der Waals surface area (Å²) in [5.41, 5.74) is 0.578. The molecule has 106 valence electrons. The first-order chi connectivity index (χ1) is 9.01. The van der Waals surface area contributed by atoms with Crippen LogP contribution in [0.5, 0.6) is 0 Å². The van der Waals surface area contributed by atoms with Crippen molar-refractivity contribution in [3.63, 3.8) is 0 Å². The van der Waals surface area contributed by atoms with Crippen LogP contribution in [0.3, 0.4) is 0 Å². The van der Waals surface area contributed by atoms with Gasteiger partial charge in [0.15, 0.2) is 0 Å². The Bertz CT molecular complexity index is 583. The lowest BCUT2D eigenvalue weighted by atomic mass is 9.96. The molecule has 3 N–H and O–H groups in total. The van der Waals surface area contributed by atoms with Gasteiger partial charge < -0.3 is 9.84 Å². The molecule has 0 spiro atoms. The molecule has 3 heterocycles. The highest BCUT2D eigenvalue weighted by Crippen LogP contribution is 2.35. The third-order valence-electron chi connectivity index (χ3n) is 3.79. The summed E-state index contributed by atoms with van der Waals surface area (Å²) in [5.74, 6) is 0. The summed E-state index contributed by atoms with van der Waals surface area (Å²) >= 11 is 0. The van der Waals surface area contributed by atoms with Crippen LogP contribution in [0.25, 0.3) is 0 Å². The Morgan fingerprint density at radius 3 is 2.89 bits per heavy atom. The Labute approximate surface area is 111 Å². The number of H-pyrrole nitrogens is 1. The number of hydrogen-bond acceptors (Lipinski definition) is 5. The van der Waals surface area contributed by atoms with Crippen LogP contribution < -0.4 is 4.72 Å². The van der Waals surface area contributed by atoms with Gasteiger partial charge in [-0.2, -0.15) is 5.10 Å². The molecule has 2 aliphatic heterocycles. The molecule has 3 atom stereocenters. The second-order valence-corrected chi connectivity index (χ2v) is 6.77. The summed E-state index contributed by atoms with van der Waals surface area (Å²) in [5, 5.41) is 15.6. The fraction of sp³-hybridized carbons (Fsp3) is 0.727. The number of nitrogens with one attached hydrogen (secondary N) is 2. The van der Waals surface area contributed by atoms with Crippen molar-refractivity contribution in [3.05, 3.63) is 11.4 Å². The van der Waals surface area contributed by atoms with Gasteiger partial charge in [-0.15, -0.1) is 0 Å².